The van der Waals surface area contributed by atoms with Gasteiger partial charge in [0.15, 0.2) is 5.96 Å². The Balaban J connectivity index is 0.000000261. The van der Waals surface area contributed by atoms with Gasteiger partial charge >= 0.3 is 0 Å². The topological polar surface area (TPSA) is 73.3 Å². The largest absolute Gasteiger partial charge is 0.337 e. The molecule has 1 rings (SSSR count). The molecule has 5 nitrogen and oxygen atoms in total. The van der Waals surface area contributed by atoms with Crippen molar-refractivity contribution in [2.24, 2.45) is 0 Å². The molecular formula is C6H13N3O2S. The maximum Gasteiger partial charge on any atom is 0.246 e. The van der Waals surface area contributed by atoms with Gasteiger partial charge in [0, 0.05) is 30.4 Å². The van der Waals surface area contributed by atoms with Crippen LogP contribution in [0.15, 0.2) is 0 Å². The third-order valence-electron chi connectivity index (χ3n) is 1.02. The van der Waals surface area contributed by atoms with E-state index in [1.807, 2.05) is 0 Å². The summed E-state index contributed by atoms with van der Waals surface area (Å²) < 4.78 is 9.56. The van der Waals surface area contributed by atoms with Crippen LogP contribution < -0.4 is 5.32 Å². The number of carbonyl (C=O) groups is 1. The van der Waals surface area contributed by atoms with Crippen LogP contribution in [0.4, 0.5) is 0 Å². The molecule has 0 aromatic heterocycles. The molecule has 1 fully saturated rings. The van der Waals surface area contributed by atoms with E-state index in [0.29, 0.717) is 6.54 Å². The lowest BCUT2D eigenvalue weighted by atomic mass is 10.6. The number of likely N-dealkylation sites (N-methyl/N-ethyl adjacent to an activating group) is 1. The number of amides is 1. The van der Waals surface area contributed by atoms with Gasteiger partial charge in [-0.15, -0.1) is 0 Å². The second-order valence-corrected chi connectivity index (χ2v) is 3.98. The van der Waals surface area contributed by atoms with Crippen molar-refractivity contribution in [1.29, 1.82) is 5.41 Å². The Morgan fingerprint density at radius 2 is 2.00 bits per heavy atom. The Hall–Kier alpha value is -0.910. The number of nitrogens with zero attached hydrogens (tertiary/aromatic N) is 1. The van der Waals surface area contributed by atoms with Crippen LogP contribution in [0, 0.1) is 5.41 Å². The fourth-order valence-corrected chi connectivity index (χ4v) is 0.561. The lowest BCUT2D eigenvalue weighted by molar-refractivity contribution is -0.118. The molecule has 1 amide bonds. The van der Waals surface area contributed by atoms with Gasteiger partial charge in [-0.05, 0) is 0 Å². The summed E-state index contributed by atoms with van der Waals surface area (Å²) in [6.45, 7) is 0.318. The average molecular weight is 191 g/mol. The fraction of sp³-hybridized carbons (Fsp3) is 0.667. The van der Waals surface area contributed by atoms with Crippen molar-refractivity contribution in [3.63, 3.8) is 0 Å². The molecule has 12 heavy (non-hydrogen) atoms. The molecule has 1 aliphatic rings. The maximum atomic E-state index is 10.4. The van der Waals surface area contributed by atoms with Crippen LogP contribution in [0.3, 0.4) is 0 Å². The van der Waals surface area contributed by atoms with Crippen molar-refractivity contribution in [2.45, 2.75) is 0 Å². The number of nitrogens with one attached hydrogen (secondary N) is 2. The molecule has 0 bridgehead atoms. The third-order valence-corrected chi connectivity index (χ3v) is 1.02. The normalized spacial score (nSPS) is 15.8. The van der Waals surface area contributed by atoms with Gasteiger partial charge < -0.3 is 4.90 Å². The summed E-state index contributed by atoms with van der Waals surface area (Å²) in [5.41, 5.74) is 0. The molecule has 0 spiro atoms. The highest BCUT2D eigenvalue weighted by Gasteiger charge is 2.18. The van der Waals surface area contributed by atoms with Gasteiger partial charge in [-0.2, -0.15) is 0 Å². The van der Waals surface area contributed by atoms with Crippen molar-refractivity contribution < 1.29 is 9.00 Å². The van der Waals surface area contributed by atoms with Crippen molar-refractivity contribution in [3.8, 4) is 0 Å². The molecule has 0 saturated carbocycles. The van der Waals surface area contributed by atoms with E-state index in [9.17, 15) is 9.00 Å². The number of hydrogen-bond donors (Lipinski definition) is 2. The smallest absolute Gasteiger partial charge is 0.246 e. The summed E-state index contributed by atoms with van der Waals surface area (Å²) in [4.78, 5) is 11.9. The van der Waals surface area contributed by atoms with Gasteiger partial charge in [-0.1, -0.05) is 0 Å². The van der Waals surface area contributed by atoms with Gasteiger partial charge in [-0.25, -0.2) is 0 Å². The van der Waals surface area contributed by atoms with E-state index >= 15 is 0 Å². The first-order valence-electron chi connectivity index (χ1n) is 3.28. The Bertz CT molecular complexity index is 213. The summed E-state index contributed by atoms with van der Waals surface area (Å²) in [6, 6.07) is 0. The number of rotatable bonds is 0. The maximum absolute atomic E-state index is 10.4. The van der Waals surface area contributed by atoms with Crippen LogP contribution in [0.25, 0.3) is 0 Å². The molecule has 0 atom stereocenters. The molecule has 0 aromatic carbocycles. The molecule has 0 radical (unpaired) electrons. The summed E-state index contributed by atoms with van der Waals surface area (Å²) >= 11 is 0. The number of hydrogen-bond acceptors (Lipinski definition) is 3. The van der Waals surface area contributed by atoms with Crippen LogP contribution in [0.2, 0.25) is 0 Å². The first-order valence-corrected chi connectivity index (χ1v) is 5.24. The molecule has 70 valence electrons. The van der Waals surface area contributed by atoms with Crippen LogP contribution in [-0.2, 0) is 15.6 Å². The molecule has 0 aliphatic carbocycles. The van der Waals surface area contributed by atoms with E-state index in [1.165, 1.54) is 0 Å². The van der Waals surface area contributed by atoms with E-state index in [1.54, 1.807) is 24.5 Å². The second-order valence-electron chi connectivity index (χ2n) is 2.49. The Labute approximate surface area is 74.1 Å². The molecule has 1 saturated heterocycles. The van der Waals surface area contributed by atoms with E-state index in [4.69, 9.17) is 5.41 Å². The van der Waals surface area contributed by atoms with E-state index in [2.05, 4.69) is 5.32 Å². The molecule has 1 aliphatic heterocycles. The first-order chi connectivity index (χ1) is 5.43. The fourth-order valence-electron chi connectivity index (χ4n) is 0.561. The Kier molecular flexibility index (Phi) is 4.50. The van der Waals surface area contributed by atoms with Crippen molar-refractivity contribution in [3.05, 3.63) is 0 Å². The SMILES string of the molecule is CN1CC(=O)NC1=N.CS(C)=O. The van der Waals surface area contributed by atoms with Crippen molar-refractivity contribution in [1.82, 2.24) is 10.2 Å². The van der Waals surface area contributed by atoms with Crippen LogP contribution in [0.1, 0.15) is 0 Å². The second kappa shape index (κ2) is 4.87. The molecular weight excluding hydrogens is 178 g/mol. The van der Waals surface area contributed by atoms with Gasteiger partial charge in [-0.3, -0.25) is 19.7 Å². The molecule has 0 unspecified atom stereocenters. The van der Waals surface area contributed by atoms with E-state index in [-0.39, 0.29) is 11.9 Å². The highest BCUT2D eigenvalue weighted by Crippen LogP contribution is 1.89. The van der Waals surface area contributed by atoms with Crippen LogP contribution in [-0.4, -0.2) is 47.1 Å². The van der Waals surface area contributed by atoms with Crippen molar-refractivity contribution in [2.75, 3.05) is 26.1 Å². The van der Waals surface area contributed by atoms with Crippen molar-refractivity contribution >= 4 is 22.7 Å². The van der Waals surface area contributed by atoms with Crippen LogP contribution in [0.5, 0.6) is 0 Å². The zero-order valence-electron chi connectivity index (χ0n) is 7.38. The zero-order valence-corrected chi connectivity index (χ0v) is 8.20. The average Bonchev–Trinajstić information content (AvgIpc) is 2.08. The van der Waals surface area contributed by atoms with E-state index in [0.717, 1.165) is 0 Å². The summed E-state index contributed by atoms with van der Waals surface area (Å²) in [7, 11) is 1.08. The molecule has 0 aromatic rings. The number of guanidine groups is 1. The predicted octanol–water partition coefficient (Wildman–Crippen LogP) is -1.02. The van der Waals surface area contributed by atoms with E-state index < -0.39 is 10.8 Å². The molecule has 2 N–H and O–H groups in total. The lowest BCUT2D eigenvalue weighted by Gasteiger charge is -2.03. The summed E-state index contributed by atoms with van der Waals surface area (Å²) in [6.07, 6.45) is 3.28. The quantitative estimate of drug-likeness (QED) is 0.514. The minimum absolute atomic E-state index is 0.0995. The highest BCUT2D eigenvalue weighted by atomic mass is 32.2. The lowest BCUT2D eigenvalue weighted by Crippen LogP contribution is -2.25. The summed E-state index contributed by atoms with van der Waals surface area (Å²) in [5, 5.41) is 9.32. The molecule has 1 heterocycles. The van der Waals surface area contributed by atoms with Gasteiger partial charge in [0.25, 0.3) is 0 Å². The van der Waals surface area contributed by atoms with Gasteiger partial charge in [0.1, 0.15) is 0 Å². The first kappa shape index (κ1) is 11.1. The number of carbonyl (C=O) groups excluding carboxylic acids is 1. The monoisotopic (exact) mass is 191 g/mol. The highest BCUT2D eigenvalue weighted by molar-refractivity contribution is 7.83. The minimum atomic E-state index is -0.611. The molecule has 6 heteroatoms. The third kappa shape index (κ3) is 4.84. The minimum Gasteiger partial charge on any atom is -0.337 e. The summed E-state index contributed by atoms with van der Waals surface area (Å²) in [5.74, 6) is 0.0903. The standard InChI is InChI=1S/C4H7N3O.C2H6OS/c1-7-2-3(8)6-4(7)5;1-4(2)3/h2H2,1H3,(H2,5,6,8);1-2H3. The van der Waals surface area contributed by atoms with Gasteiger partial charge in [0.2, 0.25) is 5.91 Å². The van der Waals surface area contributed by atoms with Gasteiger partial charge in [0.05, 0.1) is 6.54 Å². The predicted molar refractivity (Wildman–Crippen MR) is 48.5 cm³/mol. The van der Waals surface area contributed by atoms with Crippen LogP contribution >= 0.6 is 0 Å². The Morgan fingerprint density at radius 1 is 1.58 bits per heavy atom. The Morgan fingerprint density at radius 3 is 2.08 bits per heavy atom. The zero-order chi connectivity index (χ0) is 9.72.